The van der Waals surface area contributed by atoms with Crippen LogP contribution in [0.5, 0.6) is 0 Å². The fourth-order valence-electron chi connectivity index (χ4n) is 5.14. The zero-order valence-electron chi connectivity index (χ0n) is 18.4. The first kappa shape index (κ1) is 21.5. The van der Waals surface area contributed by atoms with Crippen LogP contribution in [-0.2, 0) is 22.6 Å². The lowest BCUT2D eigenvalue weighted by molar-refractivity contribution is -0.133. The van der Waals surface area contributed by atoms with E-state index in [0.717, 1.165) is 43.7 Å². The van der Waals surface area contributed by atoms with Crippen LogP contribution < -0.4 is 10.9 Å². The Morgan fingerprint density at radius 1 is 1.19 bits per heavy atom. The normalized spacial score (nSPS) is 23.3. The summed E-state index contributed by atoms with van der Waals surface area (Å²) in [7, 11) is 0. The van der Waals surface area contributed by atoms with Gasteiger partial charge in [-0.25, -0.2) is 4.79 Å². The van der Waals surface area contributed by atoms with Crippen molar-refractivity contribution < 1.29 is 14.4 Å². The number of amides is 4. The highest BCUT2D eigenvalue weighted by molar-refractivity contribution is 6.04. The highest BCUT2D eigenvalue weighted by Crippen LogP contribution is 2.31. The molecule has 3 aliphatic rings. The number of carbonyl (C=O) groups excluding carboxylic acids is 3. The SMILES string of the molecule is CCCN1C(=O)N[C@H](CCC(=O)N2CCC[C@@H](c3c(C)c(=O)nc4n3CCC4)C2)C1=O. The van der Waals surface area contributed by atoms with E-state index in [2.05, 4.69) is 14.9 Å². The number of hydrogen-bond acceptors (Lipinski definition) is 5. The standard InChI is InChI=1S/C22H31N5O4/c1-3-10-27-21(30)16(23-22(27)31)8-9-18(28)25-11-4-6-15(13-25)19-14(2)20(29)24-17-7-5-12-26(17)19/h15-16H,3-13H2,1-2H3,(H,23,31)/t15-,16-/m1/s1. The smallest absolute Gasteiger partial charge is 0.324 e. The quantitative estimate of drug-likeness (QED) is 0.687. The molecule has 0 aliphatic carbocycles. The van der Waals surface area contributed by atoms with Gasteiger partial charge < -0.3 is 14.8 Å². The Morgan fingerprint density at radius 2 is 2.00 bits per heavy atom. The first-order valence-corrected chi connectivity index (χ1v) is 11.4. The van der Waals surface area contributed by atoms with Gasteiger partial charge in [0, 0.05) is 56.2 Å². The number of piperidine rings is 1. The molecular formula is C22H31N5O4. The number of aryl methyl sites for hydroxylation is 1. The third-order valence-electron chi connectivity index (χ3n) is 6.68. The molecule has 1 aromatic heterocycles. The van der Waals surface area contributed by atoms with Crippen molar-refractivity contribution in [3.8, 4) is 0 Å². The Labute approximate surface area is 181 Å². The van der Waals surface area contributed by atoms with Crippen LogP contribution in [0.4, 0.5) is 4.79 Å². The Kier molecular flexibility index (Phi) is 6.11. The molecule has 4 rings (SSSR count). The number of likely N-dealkylation sites (tertiary alicyclic amines) is 1. The maximum atomic E-state index is 12.9. The van der Waals surface area contributed by atoms with Crippen molar-refractivity contribution in [2.45, 2.75) is 77.3 Å². The zero-order valence-corrected chi connectivity index (χ0v) is 18.4. The van der Waals surface area contributed by atoms with Crippen LogP contribution in [0.25, 0.3) is 0 Å². The van der Waals surface area contributed by atoms with E-state index in [9.17, 15) is 19.2 Å². The molecule has 0 unspecified atom stereocenters. The summed E-state index contributed by atoms with van der Waals surface area (Å²) in [6.45, 7) is 6.30. The van der Waals surface area contributed by atoms with Crippen LogP contribution in [0.15, 0.2) is 4.79 Å². The van der Waals surface area contributed by atoms with Gasteiger partial charge in [0.2, 0.25) is 5.91 Å². The molecule has 168 valence electrons. The van der Waals surface area contributed by atoms with E-state index < -0.39 is 6.04 Å². The molecule has 1 N–H and O–H groups in total. The van der Waals surface area contributed by atoms with Gasteiger partial charge in [0.25, 0.3) is 11.5 Å². The third-order valence-corrected chi connectivity index (χ3v) is 6.68. The molecule has 9 heteroatoms. The van der Waals surface area contributed by atoms with E-state index in [4.69, 9.17) is 0 Å². The fourth-order valence-corrected chi connectivity index (χ4v) is 5.14. The van der Waals surface area contributed by atoms with E-state index in [-0.39, 0.29) is 35.7 Å². The summed E-state index contributed by atoms with van der Waals surface area (Å²) in [6, 6.07) is -0.984. The van der Waals surface area contributed by atoms with Gasteiger partial charge in [-0.1, -0.05) is 6.92 Å². The van der Waals surface area contributed by atoms with Crippen molar-refractivity contribution in [2.24, 2.45) is 0 Å². The van der Waals surface area contributed by atoms with Gasteiger partial charge >= 0.3 is 6.03 Å². The van der Waals surface area contributed by atoms with Gasteiger partial charge in [0.1, 0.15) is 11.9 Å². The van der Waals surface area contributed by atoms with E-state index in [1.54, 1.807) is 0 Å². The molecule has 2 saturated heterocycles. The van der Waals surface area contributed by atoms with E-state index >= 15 is 0 Å². The van der Waals surface area contributed by atoms with Crippen LogP contribution in [0, 0.1) is 6.92 Å². The van der Waals surface area contributed by atoms with Crippen molar-refractivity contribution in [3.63, 3.8) is 0 Å². The largest absolute Gasteiger partial charge is 0.342 e. The van der Waals surface area contributed by atoms with E-state index in [0.29, 0.717) is 38.0 Å². The molecule has 0 aromatic carbocycles. The topological polar surface area (TPSA) is 105 Å². The highest BCUT2D eigenvalue weighted by Gasteiger charge is 2.38. The van der Waals surface area contributed by atoms with Gasteiger partial charge in [-0.15, -0.1) is 0 Å². The van der Waals surface area contributed by atoms with Crippen molar-refractivity contribution in [2.75, 3.05) is 19.6 Å². The molecule has 0 bridgehead atoms. The average molecular weight is 430 g/mol. The van der Waals surface area contributed by atoms with Gasteiger partial charge in [0.05, 0.1) is 0 Å². The number of carbonyl (C=O) groups is 3. The van der Waals surface area contributed by atoms with Gasteiger partial charge in [0.15, 0.2) is 0 Å². The first-order valence-electron chi connectivity index (χ1n) is 11.4. The maximum Gasteiger partial charge on any atom is 0.324 e. The van der Waals surface area contributed by atoms with Crippen molar-refractivity contribution in [1.29, 1.82) is 0 Å². The Hall–Kier alpha value is -2.71. The van der Waals surface area contributed by atoms with Gasteiger partial charge in [-0.05, 0) is 39.0 Å². The third kappa shape index (κ3) is 4.09. The molecule has 4 heterocycles. The van der Waals surface area contributed by atoms with Crippen LogP contribution in [0.1, 0.15) is 68.4 Å². The Balaban J connectivity index is 1.41. The second-order valence-electron chi connectivity index (χ2n) is 8.81. The molecule has 3 aliphatic heterocycles. The summed E-state index contributed by atoms with van der Waals surface area (Å²) in [6.07, 6.45) is 4.89. The molecule has 2 atom stereocenters. The number of nitrogens with zero attached hydrogens (tertiary/aromatic N) is 4. The minimum atomic E-state index is -0.618. The summed E-state index contributed by atoms with van der Waals surface area (Å²) < 4.78 is 2.18. The molecule has 2 fully saturated rings. The second kappa shape index (κ2) is 8.80. The van der Waals surface area contributed by atoms with Crippen molar-refractivity contribution >= 4 is 17.8 Å². The summed E-state index contributed by atoms with van der Waals surface area (Å²) in [5.41, 5.74) is 1.58. The van der Waals surface area contributed by atoms with Crippen molar-refractivity contribution in [3.05, 3.63) is 27.4 Å². The van der Waals surface area contributed by atoms with Crippen LogP contribution in [0.3, 0.4) is 0 Å². The predicted molar refractivity (Wildman–Crippen MR) is 114 cm³/mol. The average Bonchev–Trinajstić information content (AvgIpc) is 3.32. The number of fused-ring (bicyclic) bond motifs is 1. The fraction of sp³-hybridized carbons (Fsp3) is 0.682. The van der Waals surface area contributed by atoms with E-state index in [1.165, 1.54) is 4.90 Å². The minimum absolute atomic E-state index is 0.00334. The number of aromatic nitrogens is 2. The summed E-state index contributed by atoms with van der Waals surface area (Å²) in [5, 5.41) is 2.70. The minimum Gasteiger partial charge on any atom is -0.342 e. The lowest BCUT2D eigenvalue weighted by Gasteiger charge is -2.34. The second-order valence-corrected chi connectivity index (χ2v) is 8.81. The molecule has 9 nitrogen and oxygen atoms in total. The predicted octanol–water partition coefficient (Wildman–Crippen LogP) is 1.31. The van der Waals surface area contributed by atoms with E-state index in [1.807, 2.05) is 18.7 Å². The Bertz CT molecular complexity index is 956. The van der Waals surface area contributed by atoms with Gasteiger partial charge in [-0.2, -0.15) is 4.98 Å². The first-order chi connectivity index (χ1) is 14.9. The molecule has 1 aromatic rings. The molecular weight excluding hydrogens is 398 g/mol. The number of urea groups is 1. The van der Waals surface area contributed by atoms with Gasteiger partial charge in [-0.3, -0.25) is 19.3 Å². The summed E-state index contributed by atoms with van der Waals surface area (Å²) in [4.78, 5) is 56.9. The summed E-state index contributed by atoms with van der Waals surface area (Å²) in [5.74, 6) is 0.745. The molecule has 0 radical (unpaired) electrons. The number of rotatable bonds is 6. The van der Waals surface area contributed by atoms with Crippen molar-refractivity contribution in [1.82, 2.24) is 24.7 Å². The van der Waals surface area contributed by atoms with Crippen LogP contribution in [-0.4, -0.2) is 62.9 Å². The Morgan fingerprint density at radius 3 is 2.77 bits per heavy atom. The number of imide groups is 1. The lowest BCUT2D eigenvalue weighted by atomic mass is 9.91. The summed E-state index contributed by atoms with van der Waals surface area (Å²) >= 11 is 0. The maximum absolute atomic E-state index is 12.9. The zero-order chi connectivity index (χ0) is 22.1. The molecule has 0 spiro atoms. The highest BCUT2D eigenvalue weighted by atomic mass is 16.2. The number of hydrogen-bond donors (Lipinski definition) is 1. The van der Waals surface area contributed by atoms with Crippen LogP contribution in [0.2, 0.25) is 0 Å². The molecule has 4 amide bonds. The van der Waals surface area contributed by atoms with Crippen LogP contribution >= 0.6 is 0 Å². The lowest BCUT2D eigenvalue weighted by Crippen LogP contribution is -2.41. The number of nitrogens with one attached hydrogen (secondary N) is 1. The molecule has 0 saturated carbocycles. The molecule has 31 heavy (non-hydrogen) atoms. The monoisotopic (exact) mass is 429 g/mol.